The molecular weight excluding hydrogens is 230 g/mol. The number of hydrogen-bond acceptors (Lipinski definition) is 2. The Kier molecular flexibility index (Phi) is 3.64. The largest absolute Gasteiger partial charge is 0.480 e. The van der Waals surface area contributed by atoms with Crippen LogP contribution in [0.2, 0.25) is 0 Å². The number of carbonyl (C=O) groups excluding carboxylic acids is 1. The predicted molar refractivity (Wildman–Crippen MR) is 68.0 cm³/mol. The summed E-state index contributed by atoms with van der Waals surface area (Å²) in [6, 6.07) is -0.671. The first-order chi connectivity index (χ1) is 8.42. The highest BCUT2D eigenvalue weighted by atomic mass is 16.4. The Morgan fingerprint density at radius 3 is 2.39 bits per heavy atom. The van der Waals surface area contributed by atoms with Gasteiger partial charge >= 0.3 is 5.97 Å². The van der Waals surface area contributed by atoms with Crippen molar-refractivity contribution in [1.82, 2.24) is 5.32 Å². The summed E-state index contributed by atoms with van der Waals surface area (Å²) in [6.45, 7) is 4.23. The summed E-state index contributed by atoms with van der Waals surface area (Å²) < 4.78 is 0. The molecule has 2 aliphatic rings. The Balaban J connectivity index is 1.99. The van der Waals surface area contributed by atoms with Crippen molar-refractivity contribution in [2.75, 3.05) is 0 Å². The minimum atomic E-state index is -0.889. The molecule has 18 heavy (non-hydrogen) atoms. The van der Waals surface area contributed by atoms with E-state index in [2.05, 4.69) is 19.2 Å². The zero-order chi connectivity index (χ0) is 13.3. The van der Waals surface area contributed by atoms with Crippen LogP contribution in [0, 0.1) is 17.3 Å². The molecule has 0 radical (unpaired) electrons. The van der Waals surface area contributed by atoms with E-state index in [-0.39, 0.29) is 23.2 Å². The monoisotopic (exact) mass is 253 g/mol. The Morgan fingerprint density at radius 2 is 1.89 bits per heavy atom. The van der Waals surface area contributed by atoms with Crippen molar-refractivity contribution in [3.05, 3.63) is 0 Å². The average Bonchev–Trinajstić information content (AvgIpc) is 3.08. The molecule has 2 aliphatic carbocycles. The van der Waals surface area contributed by atoms with E-state index in [1.54, 1.807) is 0 Å². The molecule has 0 aromatic rings. The number of rotatable bonds is 4. The number of carboxylic acids is 1. The molecule has 4 heteroatoms. The minimum Gasteiger partial charge on any atom is -0.480 e. The smallest absolute Gasteiger partial charge is 0.326 e. The van der Waals surface area contributed by atoms with Crippen LogP contribution in [0.5, 0.6) is 0 Å². The summed E-state index contributed by atoms with van der Waals surface area (Å²) in [7, 11) is 0. The van der Waals surface area contributed by atoms with Gasteiger partial charge in [-0.25, -0.2) is 4.79 Å². The molecule has 0 bridgehead atoms. The zero-order valence-electron chi connectivity index (χ0n) is 11.2. The van der Waals surface area contributed by atoms with Gasteiger partial charge in [0.15, 0.2) is 0 Å². The van der Waals surface area contributed by atoms with Gasteiger partial charge in [0.1, 0.15) is 6.04 Å². The van der Waals surface area contributed by atoms with Crippen LogP contribution in [0.3, 0.4) is 0 Å². The minimum absolute atomic E-state index is 0.00502. The number of amides is 1. The normalized spacial score (nSPS) is 28.4. The Morgan fingerprint density at radius 1 is 1.22 bits per heavy atom. The fourth-order valence-corrected chi connectivity index (χ4v) is 3.04. The van der Waals surface area contributed by atoms with Crippen LogP contribution in [0.1, 0.15) is 52.4 Å². The molecule has 102 valence electrons. The van der Waals surface area contributed by atoms with Crippen molar-refractivity contribution in [3.63, 3.8) is 0 Å². The van der Waals surface area contributed by atoms with Crippen molar-refractivity contribution < 1.29 is 14.7 Å². The number of carboxylic acid groups (broad SMARTS) is 1. The Hall–Kier alpha value is -1.06. The maximum absolute atomic E-state index is 12.3. The molecule has 0 aromatic carbocycles. The fourth-order valence-electron chi connectivity index (χ4n) is 3.04. The summed E-state index contributed by atoms with van der Waals surface area (Å²) in [5.41, 5.74) is -0.00502. The van der Waals surface area contributed by atoms with E-state index in [4.69, 9.17) is 5.11 Å². The summed E-state index contributed by atoms with van der Waals surface area (Å²) in [5, 5.41) is 11.9. The average molecular weight is 253 g/mol. The van der Waals surface area contributed by atoms with Gasteiger partial charge in [0, 0.05) is 5.92 Å². The molecular formula is C14H23NO3. The number of nitrogens with one attached hydrogen (secondary N) is 1. The van der Waals surface area contributed by atoms with Gasteiger partial charge in [-0.3, -0.25) is 4.79 Å². The van der Waals surface area contributed by atoms with Crippen molar-refractivity contribution in [3.8, 4) is 0 Å². The van der Waals surface area contributed by atoms with Crippen LogP contribution in [0.15, 0.2) is 0 Å². The molecule has 2 N–H and O–H groups in total. The van der Waals surface area contributed by atoms with Gasteiger partial charge in [0.2, 0.25) is 5.91 Å². The topological polar surface area (TPSA) is 66.4 Å². The third kappa shape index (κ3) is 2.85. The molecule has 0 saturated heterocycles. The lowest BCUT2D eigenvalue weighted by Crippen LogP contribution is -2.48. The van der Waals surface area contributed by atoms with Crippen LogP contribution >= 0.6 is 0 Å². The van der Waals surface area contributed by atoms with Crippen LogP contribution in [0.25, 0.3) is 0 Å². The number of carbonyl (C=O) groups is 2. The molecule has 4 nitrogen and oxygen atoms in total. The van der Waals surface area contributed by atoms with E-state index in [9.17, 15) is 9.59 Å². The van der Waals surface area contributed by atoms with Gasteiger partial charge in [-0.2, -0.15) is 0 Å². The Bertz CT molecular complexity index is 347. The number of aliphatic carboxylic acids is 1. The lowest BCUT2D eigenvalue weighted by molar-refractivity contribution is -0.144. The quantitative estimate of drug-likeness (QED) is 0.807. The van der Waals surface area contributed by atoms with Gasteiger partial charge < -0.3 is 10.4 Å². The lowest BCUT2D eigenvalue weighted by Gasteiger charge is -2.38. The second-order valence-electron chi connectivity index (χ2n) is 6.45. The van der Waals surface area contributed by atoms with E-state index in [1.165, 1.54) is 6.42 Å². The van der Waals surface area contributed by atoms with Gasteiger partial charge in [-0.05, 0) is 37.0 Å². The third-order valence-electron chi connectivity index (χ3n) is 4.48. The maximum Gasteiger partial charge on any atom is 0.326 e. The Labute approximate surface area is 108 Å². The third-order valence-corrected chi connectivity index (χ3v) is 4.48. The highest BCUT2D eigenvalue weighted by molar-refractivity contribution is 5.85. The standard InChI is InChI=1S/C14H23NO3/c1-14(2)8-4-3-5-10(14)12(16)15-11(13(17)18)9-6-7-9/h9-11H,3-8H2,1-2H3,(H,15,16)(H,17,18). The molecule has 2 rings (SSSR count). The summed E-state index contributed by atoms with van der Waals surface area (Å²) in [5.74, 6) is -0.830. The molecule has 0 heterocycles. The first kappa shape index (κ1) is 13.4. The number of hydrogen-bond donors (Lipinski definition) is 2. The molecule has 0 aliphatic heterocycles. The van der Waals surface area contributed by atoms with Crippen molar-refractivity contribution in [2.45, 2.75) is 58.4 Å². The second kappa shape index (κ2) is 4.90. The summed E-state index contributed by atoms with van der Waals surface area (Å²) in [4.78, 5) is 23.4. The molecule has 0 aromatic heterocycles. The van der Waals surface area contributed by atoms with Crippen LogP contribution in [0.4, 0.5) is 0 Å². The molecule has 0 spiro atoms. The van der Waals surface area contributed by atoms with Gasteiger partial charge in [0.05, 0.1) is 0 Å². The van der Waals surface area contributed by atoms with E-state index < -0.39 is 12.0 Å². The summed E-state index contributed by atoms with van der Waals surface area (Å²) in [6.07, 6.45) is 6.02. The van der Waals surface area contributed by atoms with Crippen LogP contribution in [-0.2, 0) is 9.59 Å². The van der Waals surface area contributed by atoms with Gasteiger partial charge in [-0.1, -0.05) is 26.7 Å². The van der Waals surface area contributed by atoms with E-state index in [0.29, 0.717) is 0 Å². The van der Waals surface area contributed by atoms with E-state index in [0.717, 1.165) is 32.1 Å². The molecule has 2 saturated carbocycles. The predicted octanol–water partition coefficient (Wildman–Crippen LogP) is 2.18. The molecule has 2 fully saturated rings. The van der Waals surface area contributed by atoms with Crippen molar-refractivity contribution in [2.24, 2.45) is 17.3 Å². The van der Waals surface area contributed by atoms with Crippen molar-refractivity contribution in [1.29, 1.82) is 0 Å². The van der Waals surface area contributed by atoms with Crippen molar-refractivity contribution >= 4 is 11.9 Å². The van der Waals surface area contributed by atoms with E-state index in [1.807, 2.05) is 0 Å². The molecule has 1 amide bonds. The second-order valence-corrected chi connectivity index (χ2v) is 6.45. The van der Waals surface area contributed by atoms with Gasteiger partial charge in [-0.15, -0.1) is 0 Å². The van der Waals surface area contributed by atoms with Crippen LogP contribution < -0.4 is 5.32 Å². The van der Waals surface area contributed by atoms with Gasteiger partial charge in [0.25, 0.3) is 0 Å². The van der Waals surface area contributed by atoms with E-state index >= 15 is 0 Å². The fraction of sp³-hybridized carbons (Fsp3) is 0.857. The maximum atomic E-state index is 12.3. The lowest BCUT2D eigenvalue weighted by atomic mass is 9.68. The summed E-state index contributed by atoms with van der Waals surface area (Å²) >= 11 is 0. The van der Waals surface area contributed by atoms with Crippen LogP contribution in [-0.4, -0.2) is 23.0 Å². The highest BCUT2D eigenvalue weighted by Crippen LogP contribution is 2.41. The molecule has 2 atom stereocenters. The molecule has 2 unspecified atom stereocenters. The zero-order valence-corrected chi connectivity index (χ0v) is 11.2. The SMILES string of the molecule is CC1(C)CCCCC1C(=O)NC(C(=O)O)C1CC1. The first-order valence-electron chi connectivity index (χ1n) is 6.95. The highest BCUT2D eigenvalue weighted by Gasteiger charge is 2.42. The first-order valence-corrected chi connectivity index (χ1v) is 6.95.